The number of likely N-dealkylation sites (N-methyl/N-ethyl adjacent to an activating group) is 1. The summed E-state index contributed by atoms with van der Waals surface area (Å²) in [5.74, 6) is 0.427. The molecule has 5 nitrogen and oxygen atoms in total. The van der Waals surface area contributed by atoms with E-state index >= 15 is 0 Å². The molecule has 2 aliphatic rings. The summed E-state index contributed by atoms with van der Waals surface area (Å²) in [6.07, 6.45) is 9.07. The molecule has 2 aromatic rings. The largest absolute Gasteiger partial charge is 0.467 e. The monoisotopic (exact) mass is 405 g/mol. The quantitative estimate of drug-likeness (QED) is 0.625. The lowest BCUT2D eigenvalue weighted by Gasteiger charge is -2.21. The van der Waals surface area contributed by atoms with Crippen LogP contribution in [0.5, 0.6) is 0 Å². The maximum Gasteiger partial charge on any atom is 0.425 e. The topological polar surface area (TPSA) is 62.3 Å². The van der Waals surface area contributed by atoms with Gasteiger partial charge >= 0.3 is 5.91 Å². The normalized spacial score (nSPS) is 19.9. The van der Waals surface area contributed by atoms with E-state index in [1.807, 2.05) is 49.4 Å². The summed E-state index contributed by atoms with van der Waals surface area (Å²) in [5.41, 5.74) is 3.49. The average molecular weight is 405 g/mol. The van der Waals surface area contributed by atoms with Crippen LogP contribution in [0, 0.1) is 6.92 Å². The van der Waals surface area contributed by atoms with Gasteiger partial charge in [-0.1, -0.05) is 53.7 Å². The van der Waals surface area contributed by atoms with Gasteiger partial charge in [-0.25, -0.2) is 4.79 Å². The van der Waals surface area contributed by atoms with Crippen molar-refractivity contribution >= 4 is 35.4 Å². The highest BCUT2D eigenvalue weighted by molar-refractivity contribution is 8.05. The first-order chi connectivity index (χ1) is 14.0. The maximum atomic E-state index is 12.9. The molecule has 0 saturated heterocycles. The van der Waals surface area contributed by atoms with Crippen LogP contribution in [-0.4, -0.2) is 34.4 Å². The summed E-state index contributed by atoms with van der Waals surface area (Å²) in [6, 6.07) is 11.6. The molecule has 6 heteroatoms. The van der Waals surface area contributed by atoms with Gasteiger partial charge in [-0.05, 0) is 30.7 Å². The van der Waals surface area contributed by atoms with Gasteiger partial charge in [-0.2, -0.15) is 4.58 Å². The second-order valence-electron chi connectivity index (χ2n) is 6.97. The molecule has 2 heterocycles. The lowest BCUT2D eigenvalue weighted by atomic mass is 10.0. The zero-order valence-corrected chi connectivity index (χ0v) is 17.0. The SMILES string of the molecule is Cc1cccc(/C=C2\SC3C=CC(C(=O)NCc4ccco4)=CC3=[N+](C)C2=O)c1. The Balaban J connectivity index is 1.55. The van der Waals surface area contributed by atoms with Crippen molar-refractivity contribution in [3.8, 4) is 0 Å². The number of benzene rings is 1. The van der Waals surface area contributed by atoms with Crippen molar-refractivity contribution in [2.45, 2.75) is 18.7 Å². The van der Waals surface area contributed by atoms with Crippen LogP contribution in [0.3, 0.4) is 0 Å². The Hall–Kier alpha value is -3.12. The number of amides is 2. The number of nitrogens with zero attached hydrogens (tertiary/aromatic N) is 1. The Bertz CT molecular complexity index is 1090. The number of hydrogen-bond acceptors (Lipinski definition) is 4. The van der Waals surface area contributed by atoms with Gasteiger partial charge in [-0.15, -0.1) is 0 Å². The fraction of sp³-hybridized carbons (Fsp3) is 0.174. The molecule has 146 valence electrons. The molecule has 1 aliphatic carbocycles. The number of nitrogens with one attached hydrogen (secondary N) is 1. The number of hydrogen-bond donors (Lipinski definition) is 1. The van der Waals surface area contributed by atoms with Gasteiger partial charge in [0.2, 0.25) is 5.71 Å². The number of aryl methyl sites for hydroxylation is 1. The van der Waals surface area contributed by atoms with Gasteiger partial charge in [0.25, 0.3) is 5.91 Å². The van der Waals surface area contributed by atoms with Crippen LogP contribution in [0.1, 0.15) is 16.9 Å². The molecule has 0 spiro atoms. The van der Waals surface area contributed by atoms with Gasteiger partial charge in [0, 0.05) is 11.6 Å². The van der Waals surface area contributed by atoms with E-state index in [9.17, 15) is 9.59 Å². The van der Waals surface area contributed by atoms with Crippen molar-refractivity contribution in [1.82, 2.24) is 5.32 Å². The van der Waals surface area contributed by atoms with E-state index in [0.29, 0.717) is 22.8 Å². The van der Waals surface area contributed by atoms with Gasteiger partial charge in [0.1, 0.15) is 23.0 Å². The van der Waals surface area contributed by atoms with Gasteiger partial charge < -0.3 is 9.73 Å². The Kier molecular flexibility index (Phi) is 5.36. The number of rotatable bonds is 4. The minimum absolute atomic E-state index is 0.00428. The first-order valence-corrected chi connectivity index (χ1v) is 10.2. The van der Waals surface area contributed by atoms with Crippen LogP contribution in [0.4, 0.5) is 0 Å². The predicted molar refractivity (Wildman–Crippen MR) is 115 cm³/mol. The zero-order chi connectivity index (χ0) is 20.4. The van der Waals surface area contributed by atoms with Crippen molar-refractivity contribution < 1.29 is 18.6 Å². The molecule has 0 radical (unpaired) electrons. The van der Waals surface area contributed by atoms with E-state index in [2.05, 4.69) is 11.4 Å². The van der Waals surface area contributed by atoms with E-state index in [1.54, 1.807) is 30.0 Å². The van der Waals surface area contributed by atoms with Gasteiger partial charge in [0.05, 0.1) is 12.8 Å². The van der Waals surface area contributed by atoms with Crippen molar-refractivity contribution in [2.24, 2.45) is 0 Å². The molecular weight excluding hydrogens is 384 g/mol. The number of furan rings is 1. The Morgan fingerprint density at radius 2 is 2.17 bits per heavy atom. The first-order valence-electron chi connectivity index (χ1n) is 9.31. The third-order valence-electron chi connectivity index (χ3n) is 4.81. The summed E-state index contributed by atoms with van der Waals surface area (Å²) in [4.78, 5) is 26.1. The molecule has 1 aromatic carbocycles. The fourth-order valence-electron chi connectivity index (χ4n) is 3.27. The van der Waals surface area contributed by atoms with Crippen molar-refractivity contribution in [3.63, 3.8) is 0 Å². The average Bonchev–Trinajstić information content (AvgIpc) is 3.23. The second kappa shape index (κ2) is 8.09. The van der Waals surface area contributed by atoms with Gasteiger partial charge in [0.15, 0.2) is 0 Å². The highest BCUT2D eigenvalue weighted by atomic mass is 32.2. The van der Waals surface area contributed by atoms with E-state index in [-0.39, 0.29) is 17.1 Å². The summed E-state index contributed by atoms with van der Waals surface area (Å²) >= 11 is 1.51. The first kappa shape index (κ1) is 19.2. The third-order valence-corrected chi connectivity index (χ3v) is 6.01. The van der Waals surface area contributed by atoms with E-state index < -0.39 is 0 Å². The standard InChI is InChI=1S/C23H20N2O3S/c1-15-5-3-6-16(11-15)12-21-23(27)25(2)19-13-17(8-9-20(19)29-21)22(26)24-14-18-7-4-10-28-18/h3-13,20H,14H2,1-2H3/p+1/b21-12-. The maximum absolute atomic E-state index is 12.9. The molecule has 4 rings (SSSR count). The lowest BCUT2D eigenvalue weighted by Crippen LogP contribution is -2.37. The van der Waals surface area contributed by atoms with Crippen molar-refractivity contribution in [1.29, 1.82) is 0 Å². The highest BCUT2D eigenvalue weighted by Crippen LogP contribution is 2.33. The predicted octanol–water partition coefficient (Wildman–Crippen LogP) is 3.47. The van der Waals surface area contributed by atoms with Gasteiger partial charge in [-0.3, -0.25) is 4.79 Å². The molecular formula is C23H21N2O3S+. The summed E-state index contributed by atoms with van der Waals surface area (Å²) in [5, 5.41) is 2.83. The number of carbonyl (C=O) groups is 2. The Morgan fingerprint density at radius 1 is 1.31 bits per heavy atom. The number of allylic oxidation sites excluding steroid dienone is 1. The van der Waals surface area contributed by atoms with Crippen LogP contribution >= 0.6 is 11.8 Å². The molecule has 29 heavy (non-hydrogen) atoms. The second-order valence-corrected chi connectivity index (χ2v) is 8.15. The van der Waals surface area contributed by atoms with Crippen molar-refractivity contribution in [3.05, 3.63) is 88.3 Å². The molecule has 2 amide bonds. The number of fused-ring (bicyclic) bond motifs is 1. The van der Waals surface area contributed by atoms with Crippen LogP contribution in [0.25, 0.3) is 6.08 Å². The third kappa shape index (κ3) is 4.17. The molecule has 1 unspecified atom stereocenters. The van der Waals surface area contributed by atoms with E-state index in [0.717, 1.165) is 16.8 Å². The van der Waals surface area contributed by atoms with Crippen molar-refractivity contribution in [2.75, 3.05) is 7.05 Å². The number of thioether (sulfide) groups is 1. The summed E-state index contributed by atoms with van der Waals surface area (Å²) in [7, 11) is 1.75. The highest BCUT2D eigenvalue weighted by Gasteiger charge is 2.37. The summed E-state index contributed by atoms with van der Waals surface area (Å²) in [6.45, 7) is 2.35. The molecule has 1 N–H and O–H groups in total. The molecule has 1 atom stereocenters. The Labute approximate surface area is 173 Å². The van der Waals surface area contributed by atoms with E-state index in [4.69, 9.17) is 4.42 Å². The number of carbonyl (C=O) groups excluding carboxylic acids is 2. The summed E-state index contributed by atoms with van der Waals surface area (Å²) < 4.78 is 6.87. The molecule has 1 aliphatic heterocycles. The minimum Gasteiger partial charge on any atom is -0.467 e. The molecule has 1 aromatic heterocycles. The fourth-order valence-corrected chi connectivity index (χ4v) is 4.49. The zero-order valence-electron chi connectivity index (χ0n) is 16.2. The van der Waals surface area contributed by atoms with Crippen LogP contribution < -0.4 is 5.32 Å². The Morgan fingerprint density at radius 3 is 2.93 bits per heavy atom. The smallest absolute Gasteiger partial charge is 0.425 e. The minimum atomic E-state index is -0.199. The molecule has 0 saturated carbocycles. The molecule has 0 fully saturated rings. The van der Waals surface area contributed by atoms with E-state index in [1.165, 1.54) is 11.8 Å². The molecule has 0 bridgehead atoms. The van der Waals surface area contributed by atoms with Crippen LogP contribution in [0.2, 0.25) is 0 Å². The van der Waals surface area contributed by atoms with Crippen LogP contribution in [0.15, 0.2) is 75.8 Å². The van der Waals surface area contributed by atoms with Crippen LogP contribution in [-0.2, 0) is 16.1 Å². The lowest BCUT2D eigenvalue weighted by molar-refractivity contribution is -0.413.